The van der Waals surface area contributed by atoms with Gasteiger partial charge in [0.1, 0.15) is 5.82 Å². The molecule has 1 saturated carbocycles. The highest BCUT2D eigenvalue weighted by Crippen LogP contribution is 2.35. The van der Waals surface area contributed by atoms with Crippen molar-refractivity contribution in [2.45, 2.75) is 63.9 Å². The van der Waals surface area contributed by atoms with Gasteiger partial charge in [0.25, 0.3) is 0 Å². The van der Waals surface area contributed by atoms with Crippen molar-refractivity contribution in [1.29, 1.82) is 0 Å². The van der Waals surface area contributed by atoms with Crippen molar-refractivity contribution >= 4 is 27.5 Å². The number of rotatable bonds is 6. The smallest absolute Gasteiger partial charge is 0.243 e. The van der Waals surface area contributed by atoms with E-state index in [2.05, 4.69) is 0 Å². The van der Waals surface area contributed by atoms with Gasteiger partial charge in [0.15, 0.2) is 0 Å². The van der Waals surface area contributed by atoms with E-state index in [0.717, 1.165) is 29.5 Å². The number of sulfonamides is 1. The van der Waals surface area contributed by atoms with E-state index in [9.17, 15) is 17.6 Å². The minimum atomic E-state index is -3.63. The lowest BCUT2D eigenvalue weighted by Gasteiger charge is -2.34. The Hall–Kier alpha value is -1.96. The second-order valence-corrected chi connectivity index (χ2v) is 11.6. The molecule has 0 N–H and O–H groups in total. The number of hydrogen-bond acceptors (Lipinski definition) is 3. The van der Waals surface area contributed by atoms with Crippen LogP contribution in [0.1, 0.15) is 47.9 Å². The van der Waals surface area contributed by atoms with Gasteiger partial charge in [-0.3, -0.25) is 4.79 Å². The van der Waals surface area contributed by atoms with Crippen molar-refractivity contribution in [3.05, 3.63) is 63.4 Å². The van der Waals surface area contributed by atoms with Gasteiger partial charge < -0.3 is 4.90 Å². The first-order chi connectivity index (χ1) is 15.6. The monoisotopic (exact) mass is 492 g/mol. The molecule has 4 rings (SSSR count). The first kappa shape index (κ1) is 24.2. The van der Waals surface area contributed by atoms with Crippen LogP contribution in [0.4, 0.5) is 4.39 Å². The highest BCUT2D eigenvalue weighted by Gasteiger charge is 2.39. The Morgan fingerprint density at radius 2 is 1.70 bits per heavy atom. The average molecular weight is 493 g/mol. The van der Waals surface area contributed by atoms with E-state index in [0.29, 0.717) is 41.4 Å². The third-order valence-electron chi connectivity index (χ3n) is 6.67. The van der Waals surface area contributed by atoms with Crippen LogP contribution in [0.2, 0.25) is 5.02 Å². The Balaban J connectivity index is 1.47. The van der Waals surface area contributed by atoms with Crippen LogP contribution < -0.4 is 0 Å². The van der Waals surface area contributed by atoms with E-state index >= 15 is 0 Å². The van der Waals surface area contributed by atoms with Gasteiger partial charge in [-0.2, -0.15) is 4.31 Å². The number of halogens is 2. The quantitative estimate of drug-likeness (QED) is 0.570. The molecule has 0 aromatic heterocycles. The molecule has 2 aliphatic rings. The van der Waals surface area contributed by atoms with Crippen LogP contribution >= 0.6 is 11.6 Å². The lowest BCUT2D eigenvalue weighted by atomic mass is 9.96. The van der Waals surface area contributed by atoms with Gasteiger partial charge in [0.05, 0.1) is 11.4 Å². The average Bonchev–Trinajstić information content (AvgIpc) is 3.57. The zero-order chi connectivity index (χ0) is 23.9. The van der Waals surface area contributed by atoms with Crippen LogP contribution in [0.5, 0.6) is 0 Å². The predicted molar refractivity (Wildman–Crippen MR) is 127 cm³/mol. The Bertz CT molecular complexity index is 1130. The van der Waals surface area contributed by atoms with E-state index in [1.165, 1.54) is 10.4 Å². The van der Waals surface area contributed by atoms with Crippen molar-refractivity contribution in [2.75, 3.05) is 13.1 Å². The second kappa shape index (κ2) is 9.35. The summed E-state index contributed by atoms with van der Waals surface area (Å²) in [5, 5.41) is 0.318. The molecule has 2 aromatic rings. The lowest BCUT2D eigenvalue weighted by Crippen LogP contribution is -2.45. The Morgan fingerprint density at radius 1 is 1.09 bits per heavy atom. The fourth-order valence-corrected chi connectivity index (χ4v) is 7.01. The molecule has 8 heteroatoms. The van der Waals surface area contributed by atoms with Gasteiger partial charge in [-0.15, -0.1) is 0 Å². The molecule has 1 saturated heterocycles. The Kier molecular flexibility index (Phi) is 6.85. The summed E-state index contributed by atoms with van der Waals surface area (Å²) in [7, 11) is -3.63. The molecule has 2 aromatic carbocycles. The fraction of sp³-hybridized carbons (Fsp3) is 0.480. The van der Waals surface area contributed by atoms with Crippen molar-refractivity contribution in [3.63, 3.8) is 0 Å². The topological polar surface area (TPSA) is 57.7 Å². The SMILES string of the molecule is Cc1cc(C)c(S(=O)(=O)N2CCC(C(=O)N(Cc3c(F)cccc3Cl)C3CC3)CC2)c(C)c1. The van der Waals surface area contributed by atoms with Crippen LogP contribution in [0.25, 0.3) is 0 Å². The number of benzene rings is 2. The molecule has 1 amide bonds. The molecule has 0 atom stereocenters. The van der Waals surface area contributed by atoms with Crippen molar-refractivity contribution in [1.82, 2.24) is 9.21 Å². The Labute approximate surface area is 200 Å². The number of carbonyl (C=O) groups is 1. The summed E-state index contributed by atoms with van der Waals surface area (Å²) < 4.78 is 42.6. The van der Waals surface area contributed by atoms with Crippen LogP contribution in [0.15, 0.2) is 35.2 Å². The van der Waals surface area contributed by atoms with E-state index in [1.54, 1.807) is 17.0 Å². The molecule has 1 aliphatic carbocycles. The first-order valence-electron chi connectivity index (χ1n) is 11.4. The third kappa shape index (κ3) is 4.96. The second-order valence-electron chi connectivity index (χ2n) is 9.30. The van der Waals surface area contributed by atoms with Crippen LogP contribution in [0.3, 0.4) is 0 Å². The number of piperidine rings is 1. The molecule has 0 spiro atoms. The molecule has 178 valence electrons. The molecule has 0 bridgehead atoms. The molecule has 0 unspecified atom stereocenters. The highest BCUT2D eigenvalue weighted by molar-refractivity contribution is 7.89. The molecule has 0 radical (unpaired) electrons. The molecular weight excluding hydrogens is 463 g/mol. The maximum atomic E-state index is 14.3. The summed E-state index contributed by atoms with van der Waals surface area (Å²) in [4.78, 5) is 15.5. The summed E-state index contributed by atoms with van der Waals surface area (Å²) in [6.45, 7) is 6.34. The van der Waals surface area contributed by atoms with E-state index in [4.69, 9.17) is 11.6 Å². The van der Waals surface area contributed by atoms with Gasteiger partial charge in [-0.05, 0) is 69.7 Å². The standard InChI is InChI=1S/C25H30ClFN2O3S/c1-16-13-17(2)24(18(3)14-16)33(31,32)28-11-9-19(10-12-28)25(30)29(20-7-8-20)15-21-22(26)5-4-6-23(21)27/h4-6,13-14,19-20H,7-12,15H2,1-3H3. The van der Waals surface area contributed by atoms with Crippen LogP contribution in [-0.2, 0) is 21.4 Å². The van der Waals surface area contributed by atoms with Gasteiger partial charge in [-0.1, -0.05) is 35.4 Å². The van der Waals surface area contributed by atoms with E-state index in [1.807, 2.05) is 32.9 Å². The minimum absolute atomic E-state index is 0.0310. The normalized spacial score (nSPS) is 17.8. The van der Waals surface area contributed by atoms with Gasteiger partial charge in [0.2, 0.25) is 15.9 Å². The predicted octanol–water partition coefficient (Wildman–Crippen LogP) is 5.00. The largest absolute Gasteiger partial charge is 0.335 e. The summed E-state index contributed by atoms with van der Waals surface area (Å²) in [6.07, 6.45) is 2.71. The summed E-state index contributed by atoms with van der Waals surface area (Å²) >= 11 is 6.20. The van der Waals surface area contributed by atoms with Gasteiger partial charge in [-0.25, -0.2) is 12.8 Å². The number of carbonyl (C=O) groups excluding carboxylic acids is 1. The molecular formula is C25H30ClFN2O3S. The number of hydrogen-bond donors (Lipinski definition) is 0. The summed E-state index contributed by atoms with van der Waals surface area (Å²) in [5.41, 5.74) is 2.85. The molecule has 33 heavy (non-hydrogen) atoms. The fourth-order valence-electron chi connectivity index (χ4n) is 4.91. The minimum Gasteiger partial charge on any atom is -0.335 e. The van der Waals surface area contributed by atoms with Crippen molar-refractivity contribution in [3.8, 4) is 0 Å². The Morgan fingerprint density at radius 3 is 2.24 bits per heavy atom. The zero-order valence-corrected chi connectivity index (χ0v) is 20.8. The van der Waals surface area contributed by atoms with E-state index < -0.39 is 15.8 Å². The van der Waals surface area contributed by atoms with Crippen molar-refractivity contribution in [2.24, 2.45) is 5.92 Å². The first-order valence-corrected chi connectivity index (χ1v) is 13.2. The van der Waals surface area contributed by atoms with Crippen LogP contribution in [0, 0.1) is 32.5 Å². The van der Waals surface area contributed by atoms with Crippen LogP contribution in [-0.4, -0.2) is 42.7 Å². The number of aryl methyl sites for hydroxylation is 3. The highest BCUT2D eigenvalue weighted by atomic mass is 35.5. The maximum absolute atomic E-state index is 14.3. The lowest BCUT2D eigenvalue weighted by molar-refractivity contribution is -0.138. The van der Waals surface area contributed by atoms with Gasteiger partial charge in [0, 0.05) is 35.6 Å². The zero-order valence-electron chi connectivity index (χ0n) is 19.3. The van der Waals surface area contributed by atoms with E-state index in [-0.39, 0.29) is 24.4 Å². The summed E-state index contributed by atoms with van der Waals surface area (Å²) in [5.74, 6) is -0.718. The molecule has 5 nitrogen and oxygen atoms in total. The maximum Gasteiger partial charge on any atom is 0.243 e. The number of nitrogens with zero attached hydrogens (tertiary/aromatic N) is 2. The molecule has 2 fully saturated rings. The van der Waals surface area contributed by atoms with Crippen molar-refractivity contribution < 1.29 is 17.6 Å². The van der Waals surface area contributed by atoms with Gasteiger partial charge >= 0.3 is 0 Å². The molecule has 1 heterocycles. The third-order valence-corrected chi connectivity index (χ3v) is 9.23. The molecule has 1 aliphatic heterocycles. The number of amides is 1. The summed E-state index contributed by atoms with van der Waals surface area (Å²) in [6, 6.07) is 8.42.